The molecule has 1 aliphatic rings. The summed E-state index contributed by atoms with van der Waals surface area (Å²) >= 11 is 1.58. The lowest BCUT2D eigenvalue weighted by atomic mass is 10.2. The number of anilines is 1. The van der Waals surface area contributed by atoms with E-state index in [4.69, 9.17) is 5.73 Å². The summed E-state index contributed by atoms with van der Waals surface area (Å²) < 4.78 is 14.2. The molecule has 1 fully saturated rings. The summed E-state index contributed by atoms with van der Waals surface area (Å²) in [5, 5.41) is 11.6. The van der Waals surface area contributed by atoms with E-state index in [0.717, 1.165) is 46.8 Å². The number of aliphatic hydroxyl groups excluding tert-OH is 1. The van der Waals surface area contributed by atoms with Crippen LogP contribution in [0.3, 0.4) is 0 Å². The van der Waals surface area contributed by atoms with Gasteiger partial charge in [-0.15, -0.1) is 11.3 Å². The number of nitrogens with two attached hydrogens (primary N) is 1. The number of benzene rings is 2. The molecule has 1 aliphatic heterocycles. The van der Waals surface area contributed by atoms with Crippen LogP contribution in [0.15, 0.2) is 59.6 Å². The van der Waals surface area contributed by atoms with Gasteiger partial charge in [0.25, 0.3) is 0 Å². The van der Waals surface area contributed by atoms with Crippen molar-refractivity contribution in [2.45, 2.75) is 6.10 Å². The van der Waals surface area contributed by atoms with Gasteiger partial charge in [-0.05, 0) is 41.8 Å². The number of hydrogen-bond acceptors (Lipinski definition) is 4. The number of halogens is 1. The molecule has 3 aromatic rings. The molecule has 0 radical (unpaired) electrons. The van der Waals surface area contributed by atoms with E-state index in [9.17, 15) is 9.50 Å². The van der Waals surface area contributed by atoms with Crippen molar-refractivity contribution in [2.75, 3.05) is 37.6 Å². The Hall–Kier alpha value is -2.64. The van der Waals surface area contributed by atoms with Crippen molar-refractivity contribution >= 4 is 33.1 Å². The smallest absolute Gasteiger partial charge is 0.191 e. The Kier molecular flexibility index (Phi) is 5.45. The summed E-state index contributed by atoms with van der Waals surface area (Å²) in [4.78, 5) is 9.54. The molecule has 7 heteroatoms. The number of guanidine groups is 1. The summed E-state index contributed by atoms with van der Waals surface area (Å²) in [6, 6.07) is 16.6. The maximum Gasteiger partial charge on any atom is 0.191 e. The minimum Gasteiger partial charge on any atom is -0.386 e. The summed E-state index contributed by atoms with van der Waals surface area (Å²) in [5.41, 5.74) is 7.16. The van der Waals surface area contributed by atoms with Crippen molar-refractivity contribution in [1.82, 2.24) is 4.90 Å². The van der Waals surface area contributed by atoms with Crippen LogP contribution >= 0.6 is 11.3 Å². The van der Waals surface area contributed by atoms with E-state index in [0.29, 0.717) is 5.96 Å². The minimum absolute atomic E-state index is 0.226. The molecule has 0 spiro atoms. The van der Waals surface area contributed by atoms with Crippen LogP contribution in [-0.4, -0.2) is 48.7 Å². The van der Waals surface area contributed by atoms with Crippen LogP contribution in [-0.2, 0) is 0 Å². The van der Waals surface area contributed by atoms with Crippen molar-refractivity contribution in [3.8, 4) is 0 Å². The molecule has 1 saturated heterocycles. The van der Waals surface area contributed by atoms with Gasteiger partial charge in [0.1, 0.15) is 11.9 Å². The molecule has 0 aliphatic carbocycles. The Balaban J connectivity index is 1.33. The number of rotatable bonds is 4. The molecule has 4 rings (SSSR count). The maximum absolute atomic E-state index is 13.1. The zero-order valence-electron chi connectivity index (χ0n) is 15.5. The lowest BCUT2D eigenvalue weighted by Crippen LogP contribution is -2.51. The van der Waals surface area contributed by atoms with Crippen LogP contribution in [0.25, 0.3) is 10.1 Å². The molecule has 3 N–H and O–H groups in total. The Morgan fingerprint density at radius 2 is 1.82 bits per heavy atom. The number of hydrogen-bond donors (Lipinski definition) is 2. The van der Waals surface area contributed by atoms with Gasteiger partial charge in [-0.2, -0.15) is 0 Å². The predicted molar refractivity (Wildman–Crippen MR) is 113 cm³/mol. The van der Waals surface area contributed by atoms with Gasteiger partial charge in [0.05, 0.1) is 6.54 Å². The number of thiophene rings is 1. The average Bonchev–Trinajstić information content (AvgIpc) is 3.17. The van der Waals surface area contributed by atoms with Gasteiger partial charge in [0, 0.05) is 41.4 Å². The second kappa shape index (κ2) is 8.16. The van der Waals surface area contributed by atoms with Crippen molar-refractivity contribution in [3.63, 3.8) is 0 Å². The van der Waals surface area contributed by atoms with E-state index in [2.05, 4.69) is 16.0 Å². The summed E-state index contributed by atoms with van der Waals surface area (Å²) in [6.45, 7) is 3.32. The number of aliphatic hydroxyl groups is 1. The molecule has 0 amide bonds. The van der Waals surface area contributed by atoms with Gasteiger partial charge in [-0.25, -0.2) is 4.39 Å². The first-order chi connectivity index (χ1) is 13.6. The summed E-state index contributed by atoms with van der Waals surface area (Å²) in [7, 11) is 0. The lowest BCUT2D eigenvalue weighted by molar-refractivity contribution is 0.190. The fourth-order valence-corrected chi connectivity index (χ4v) is 4.42. The molecule has 146 valence electrons. The number of aliphatic imine (C=N–C) groups is 1. The predicted octanol–water partition coefficient (Wildman–Crippen LogP) is 3.21. The third kappa shape index (κ3) is 4.10. The SMILES string of the molecule is NC(=NCC(O)c1cc2ccccc2s1)N1CCN(c2ccc(F)cc2)CC1. The van der Waals surface area contributed by atoms with Gasteiger partial charge in [0.15, 0.2) is 5.96 Å². The van der Waals surface area contributed by atoms with Crippen molar-refractivity contribution in [2.24, 2.45) is 10.7 Å². The molecule has 0 saturated carbocycles. The van der Waals surface area contributed by atoms with E-state index in [1.165, 1.54) is 12.1 Å². The van der Waals surface area contributed by atoms with Crippen molar-refractivity contribution in [1.29, 1.82) is 0 Å². The first-order valence-corrected chi connectivity index (χ1v) is 10.1. The number of fused-ring (bicyclic) bond motifs is 1. The maximum atomic E-state index is 13.1. The molecule has 28 heavy (non-hydrogen) atoms. The average molecular weight is 399 g/mol. The zero-order chi connectivity index (χ0) is 19.5. The van der Waals surface area contributed by atoms with Gasteiger partial charge in [0.2, 0.25) is 0 Å². The Morgan fingerprint density at radius 1 is 1.11 bits per heavy atom. The van der Waals surface area contributed by atoms with E-state index < -0.39 is 6.10 Å². The van der Waals surface area contributed by atoms with Gasteiger partial charge in [-0.1, -0.05) is 18.2 Å². The highest BCUT2D eigenvalue weighted by Crippen LogP contribution is 2.29. The highest BCUT2D eigenvalue weighted by molar-refractivity contribution is 7.19. The largest absolute Gasteiger partial charge is 0.386 e. The third-order valence-electron chi connectivity index (χ3n) is 4.99. The highest BCUT2D eigenvalue weighted by Gasteiger charge is 2.19. The summed E-state index contributed by atoms with van der Waals surface area (Å²) in [6.07, 6.45) is -0.656. The minimum atomic E-state index is -0.656. The number of piperazine rings is 1. The second-order valence-corrected chi connectivity index (χ2v) is 7.97. The molecular weight excluding hydrogens is 375 g/mol. The van der Waals surface area contributed by atoms with E-state index >= 15 is 0 Å². The zero-order valence-corrected chi connectivity index (χ0v) is 16.3. The van der Waals surface area contributed by atoms with Crippen LogP contribution in [0.5, 0.6) is 0 Å². The van der Waals surface area contributed by atoms with Gasteiger partial charge < -0.3 is 20.6 Å². The first kappa shape index (κ1) is 18.7. The second-order valence-electron chi connectivity index (χ2n) is 6.85. The lowest BCUT2D eigenvalue weighted by Gasteiger charge is -2.36. The van der Waals surface area contributed by atoms with E-state index in [1.807, 2.05) is 29.2 Å². The van der Waals surface area contributed by atoms with Crippen LogP contribution in [0, 0.1) is 5.82 Å². The standard InChI is InChI=1S/C21H23FN4OS/c22-16-5-7-17(8-6-16)25-9-11-26(12-10-25)21(23)24-14-18(27)20-13-15-3-1-2-4-19(15)28-20/h1-8,13,18,27H,9-12,14H2,(H2,23,24). The van der Waals surface area contributed by atoms with Crippen LogP contribution in [0.1, 0.15) is 11.0 Å². The topological polar surface area (TPSA) is 65.1 Å². The van der Waals surface area contributed by atoms with E-state index in [-0.39, 0.29) is 12.4 Å². The third-order valence-corrected chi connectivity index (χ3v) is 6.21. The molecule has 0 bridgehead atoms. The molecule has 2 aromatic carbocycles. The molecule has 1 unspecified atom stereocenters. The highest BCUT2D eigenvalue weighted by atomic mass is 32.1. The fourth-order valence-electron chi connectivity index (χ4n) is 3.38. The Labute approximate surface area is 167 Å². The molecule has 2 heterocycles. The monoisotopic (exact) mass is 398 g/mol. The van der Waals surface area contributed by atoms with Gasteiger partial charge in [-0.3, -0.25) is 4.99 Å². The van der Waals surface area contributed by atoms with Crippen LogP contribution in [0.2, 0.25) is 0 Å². The molecule has 1 aromatic heterocycles. The summed E-state index contributed by atoms with van der Waals surface area (Å²) in [5.74, 6) is 0.231. The van der Waals surface area contributed by atoms with E-state index in [1.54, 1.807) is 23.5 Å². The molecule has 1 atom stereocenters. The fraction of sp³-hybridized carbons (Fsp3) is 0.286. The Bertz CT molecular complexity index is 931. The Morgan fingerprint density at radius 3 is 2.54 bits per heavy atom. The van der Waals surface area contributed by atoms with Crippen molar-refractivity contribution < 1.29 is 9.50 Å². The van der Waals surface area contributed by atoms with Gasteiger partial charge >= 0.3 is 0 Å². The normalized spacial score (nSPS) is 16.6. The number of nitrogens with zero attached hydrogens (tertiary/aromatic N) is 3. The quantitative estimate of drug-likeness (QED) is 0.523. The molecular formula is C21H23FN4OS. The van der Waals surface area contributed by atoms with Crippen LogP contribution < -0.4 is 10.6 Å². The van der Waals surface area contributed by atoms with Crippen molar-refractivity contribution in [3.05, 3.63) is 65.3 Å². The molecule has 5 nitrogen and oxygen atoms in total. The van der Waals surface area contributed by atoms with Crippen LogP contribution in [0.4, 0.5) is 10.1 Å². The first-order valence-electron chi connectivity index (χ1n) is 9.32.